The van der Waals surface area contributed by atoms with E-state index in [1.54, 1.807) is 36.7 Å². The van der Waals surface area contributed by atoms with Crippen LogP contribution in [0.25, 0.3) is 16.9 Å². The van der Waals surface area contributed by atoms with Crippen molar-refractivity contribution in [1.82, 2.24) is 24.5 Å². The molecule has 4 heterocycles. The molecule has 0 atom stereocenters. The number of anilines is 1. The van der Waals surface area contributed by atoms with Gasteiger partial charge in [0.15, 0.2) is 11.6 Å². The summed E-state index contributed by atoms with van der Waals surface area (Å²) in [7, 11) is -3.91. The predicted octanol–water partition coefficient (Wildman–Crippen LogP) is 5.18. The lowest BCUT2D eigenvalue weighted by atomic mass is 9.98. The van der Waals surface area contributed by atoms with Gasteiger partial charge in [-0.15, -0.1) is 16.4 Å². The molecule has 0 aliphatic rings. The van der Waals surface area contributed by atoms with Crippen molar-refractivity contribution in [2.75, 3.05) is 4.72 Å². The van der Waals surface area contributed by atoms with E-state index >= 15 is 0 Å². The zero-order valence-corrected chi connectivity index (χ0v) is 24.6. The Balaban J connectivity index is 1.49. The van der Waals surface area contributed by atoms with Gasteiger partial charge in [-0.1, -0.05) is 36.3 Å². The summed E-state index contributed by atoms with van der Waals surface area (Å²) >= 11 is 1.16. The number of rotatable bonds is 9. The van der Waals surface area contributed by atoms with Crippen LogP contribution >= 0.6 is 11.3 Å². The average molecular weight is 579 g/mol. The van der Waals surface area contributed by atoms with Gasteiger partial charge in [0.05, 0.1) is 6.54 Å². The van der Waals surface area contributed by atoms with Crippen LogP contribution in [0.1, 0.15) is 47.2 Å². The van der Waals surface area contributed by atoms with Gasteiger partial charge in [-0.05, 0) is 73.9 Å². The molecule has 1 N–H and O–H groups in total. The van der Waals surface area contributed by atoms with E-state index in [9.17, 15) is 13.2 Å². The quantitative estimate of drug-likeness (QED) is 0.255. The molecule has 12 heteroatoms. The van der Waals surface area contributed by atoms with Crippen molar-refractivity contribution in [2.24, 2.45) is 0 Å². The van der Waals surface area contributed by atoms with E-state index < -0.39 is 10.0 Å². The van der Waals surface area contributed by atoms with Gasteiger partial charge in [0.25, 0.3) is 10.0 Å². The fourth-order valence-corrected chi connectivity index (χ4v) is 7.19. The fraction of sp³-hybridized carbons (Fsp3) is 0.286. The summed E-state index contributed by atoms with van der Waals surface area (Å²) < 4.78 is 37.7. The van der Waals surface area contributed by atoms with Crippen LogP contribution in [-0.2, 0) is 23.0 Å². The number of nitrogens with zero attached hydrogens (tertiary/aromatic N) is 5. The van der Waals surface area contributed by atoms with Gasteiger partial charge in [-0.2, -0.15) is 4.68 Å². The Morgan fingerprint density at radius 3 is 2.52 bits per heavy atom. The van der Waals surface area contributed by atoms with Crippen molar-refractivity contribution in [3.63, 3.8) is 0 Å². The molecule has 40 heavy (non-hydrogen) atoms. The molecule has 5 rings (SSSR count). The minimum absolute atomic E-state index is 0.182. The summed E-state index contributed by atoms with van der Waals surface area (Å²) in [6.45, 7) is 9.70. The van der Waals surface area contributed by atoms with Gasteiger partial charge in [-0.3, -0.25) is 9.29 Å². The number of benzene rings is 1. The first-order valence-electron chi connectivity index (χ1n) is 12.8. The maximum Gasteiger partial charge on any atom is 0.352 e. The largest absolute Gasteiger partial charge is 0.359 e. The first-order valence-corrected chi connectivity index (χ1v) is 15.2. The Labute approximate surface area is 236 Å². The highest BCUT2D eigenvalue weighted by Crippen LogP contribution is 2.38. The molecule has 0 aliphatic carbocycles. The van der Waals surface area contributed by atoms with Crippen LogP contribution in [0.5, 0.6) is 0 Å². The highest BCUT2D eigenvalue weighted by Gasteiger charge is 2.26. The number of thiophene rings is 1. The monoisotopic (exact) mass is 578 g/mol. The molecule has 10 nitrogen and oxygen atoms in total. The van der Waals surface area contributed by atoms with E-state index in [0.29, 0.717) is 41.5 Å². The van der Waals surface area contributed by atoms with E-state index in [-0.39, 0.29) is 15.7 Å². The molecule has 1 aromatic carbocycles. The number of sulfonamides is 1. The normalized spacial score (nSPS) is 11.7. The number of aryl methyl sites for hydroxylation is 4. The van der Waals surface area contributed by atoms with Gasteiger partial charge >= 0.3 is 5.69 Å². The van der Waals surface area contributed by atoms with Crippen LogP contribution in [-0.4, -0.2) is 32.9 Å². The van der Waals surface area contributed by atoms with E-state index in [0.717, 1.165) is 40.0 Å². The first kappa shape index (κ1) is 27.5. The Hall–Kier alpha value is -4.03. The maximum absolute atomic E-state index is 13.4. The first-order chi connectivity index (χ1) is 19.1. The van der Waals surface area contributed by atoms with E-state index in [4.69, 9.17) is 4.52 Å². The van der Waals surface area contributed by atoms with Crippen LogP contribution in [0.3, 0.4) is 0 Å². The lowest BCUT2D eigenvalue weighted by Gasteiger charge is -2.13. The van der Waals surface area contributed by atoms with Crippen molar-refractivity contribution in [3.05, 3.63) is 92.3 Å². The Morgan fingerprint density at radius 2 is 1.88 bits per heavy atom. The molecule has 0 bridgehead atoms. The molecule has 0 fully saturated rings. The van der Waals surface area contributed by atoms with Crippen LogP contribution in [0.4, 0.5) is 5.82 Å². The average Bonchev–Trinajstić information content (AvgIpc) is 3.57. The zero-order chi connectivity index (χ0) is 28.6. The summed E-state index contributed by atoms with van der Waals surface area (Å²) in [5.41, 5.74) is 4.50. The standard InChI is InChI=1S/C28H30N6O4S2/c1-6-9-24-30-34(23-10-7-8-13-29-23)28(35)33(24)15-21-11-12-22(17(2)14-21)25-18(3)16-39-27(25)40(36,37)32-26-19(4)20(5)38-31-26/h7-8,10-14,16H,6,9,15H2,1-5H3,(H,31,32). The highest BCUT2D eigenvalue weighted by atomic mass is 32.2. The fourth-order valence-electron chi connectivity index (χ4n) is 4.55. The molecule has 5 aromatic rings. The molecular formula is C28H30N6O4S2. The number of aromatic nitrogens is 5. The number of nitrogens with one attached hydrogen (secondary N) is 1. The number of hydrogen-bond donors (Lipinski definition) is 1. The van der Waals surface area contributed by atoms with Crippen LogP contribution in [0, 0.1) is 27.7 Å². The van der Waals surface area contributed by atoms with Crippen molar-refractivity contribution in [2.45, 2.75) is 58.2 Å². The molecule has 0 radical (unpaired) electrons. The summed E-state index contributed by atoms with van der Waals surface area (Å²) in [6, 6.07) is 11.2. The highest BCUT2D eigenvalue weighted by molar-refractivity contribution is 7.94. The number of hydrogen-bond acceptors (Lipinski definition) is 8. The topological polar surface area (TPSA) is 125 Å². The molecule has 0 amide bonds. The van der Waals surface area contributed by atoms with Gasteiger partial charge in [-0.25, -0.2) is 18.2 Å². The second kappa shape index (κ2) is 10.9. The van der Waals surface area contributed by atoms with Crippen molar-refractivity contribution >= 4 is 27.2 Å². The summed E-state index contributed by atoms with van der Waals surface area (Å²) in [4.78, 5) is 17.6. The lowest BCUT2D eigenvalue weighted by Crippen LogP contribution is -2.25. The van der Waals surface area contributed by atoms with E-state index in [2.05, 4.69) is 20.0 Å². The zero-order valence-electron chi connectivity index (χ0n) is 22.9. The molecule has 0 saturated carbocycles. The molecule has 208 valence electrons. The van der Waals surface area contributed by atoms with Crippen molar-refractivity contribution in [1.29, 1.82) is 0 Å². The van der Waals surface area contributed by atoms with Crippen molar-refractivity contribution in [3.8, 4) is 16.9 Å². The second-order valence-corrected chi connectivity index (χ2v) is 12.4. The second-order valence-electron chi connectivity index (χ2n) is 9.68. The number of pyridine rings is 1. The minimum atomic E-state index is -3.91. The third kappa shape index (κ3) is 5.11. The third-order valence-corrected chi connectivity index (χ3v) is 9.74. The summed E-state index contributed by atoms with van der Waals surface area (Å²) in [5.74, 6) is 1.90. The van der Waals surface area contributed by atoms with Gasteiger partial charge < -0.3 is 4.52 Å². The summed E-state index contributed by atoms with van der Waals surface area (Å²) in [6.07, 6.45) is 3.12. The molecular weight excluding hydrogens is 548 g/mol. The van der Waals surface area contributed by atoms with Crippen molar-refractivity contribution < 1.29 is 12.9 Å². The van der Waals surface area contributed by atoms with E-state index in [1.807, 2.05) is 50.4 Å². The molecule has 0 spiro atoms. The molecule has 0 aliphatic heterocycles. The van der Waals surface area contributed by atoms with Crippen LogP contribution in [0.15, 0.2) is 61.5 Å². The lowest BCUT2D eigenvalue weighted by molar-refractivity contribution is 0.399. The van der Waals surface area contributed by atoms with Gasteiger partial charge in [0, 0.05) is 23.7 Å². The summed E-state index contributed by atoms with van der Waals surface area (Å²) in [5, 5.41) is 10.2. The smallest absolute Gasteiger partial charge is 0.352 e. The molecule has 0 saturated heterocycles. The molecule has 0 unspecified atom stereocenters. The van der Waals surface area contributed by atoms with E-state index in [1.165, 1.54) is 4.68 Å². The Morgan fingerprint density at radius 1 is 1.07 bits per heavy atom. The minimum Gasteiger partial charge on any atom is -0.359 e. The van der Waals surface area contributed by atoms with Gasteiger partial charge in [0.2, 0.25) is 0 Å². The molecule has 4 aromatic heterocycles. The third-order valence-electron chi connectivity index (χ3n) is 6.75. The SMILES string of the molecule is CCCc1nn(-c2ccccn2)c(=O)n1Cc1ccc(-c2c(C)csc2S(=O)(=O)Nc2noc(C)c2C)c(C)c1. The Kier molecular flexibility index (Phi) is 7.47. The van der Waals surface area contributed by atoms with Crippen LogP contribution in [0.2, 0.25) is 0 Å². The maximum atomic E-state index is 13.4. The Bertz CT molecular complexity index is 1850. The van der Waals surface area contributed by atoms with Crippen LogP contribution < -0.4 is 10.4 Å². The predicted molar refractivity (Wildman–Crippen MR) is 155 cm³/mol. The van der Waals surface area contributed by atoms with Gasteiger partial charge in [0.1, 0.15) is 15.8 Å².